The van der Waals surface area contributed by atoms with E-state index in [0.717, 1.165) is 45.0 Å². The van der Waals surface area contributed by atoms with E-state index < -0.39 is 0 Å². The first-order chi connectivity index (χ1) is 11.6. The highest BCUT2D eigenvalue weighted by molar-refractivity contribution is 5.80. The van der Waals surface area contributed by atoms with Crippen molar-refractivity contribution in [1.29, 1.82) is 0 Å². The van der Waals surface area contributed by atoms with Crippen molar-refractivity contribution in [1.82, 2.24) is 20.4 Å². The summed E-state index contributed by atoms with van der Waals surface area (Å²) in [7, 11) is 0. The Kier molecular flexibility index (Phi) is 7.06. The van der Waals surface area contributed by atoms with E-state index in [1.165, 1.54) is 25.7 Å². The fraction of sp³-hybridized carbons (Fsp3) is 0.833. The van der Waals surface area contributed by atoms with Crippen LogP contribution in [0.5, 0.6) is 0 Å². The van der Waals surface area contributed by atoms with Crippen molar-refractivity contribution in [2.24, 2.45) is 10.4 Å². The van der Waals surface area contributed by atoms with E-state index in [4.69, 9.17) is 9.52 Å². The van der Waals surface area contributed by atoms with Crippen LogP contribution in [0.4, 0.5) is 0 Å². The van der Waals surface area contributed by atoms with Crippen LogP contribution in [0.25, 0.3) is 0 Å². The SMILES string of the molecule is CCCC1(C)CCCN(C(=NCCCc2nc(C)no2)NCC)C1. The van der Waals surface area contributed by atoms with Crippen LogP contribution >= 0.6 is 0 Å². The molecule has 1 unspecified atom stereocenters. The molecule has 1 aromatic rings. The van der Waals surface area contributed by atoms with Gasteiger partial charge in [0.25, 0.3) is 0 Å². The Balaban J connectivity index is 1.89. The monoisotopic (exact) mass is 335 g/mol. The van der Waals surface area contributed by atoms with Gasteiger partial charge in [0.15, 0.2) is 11.8 Å². The minimum atomic E-state index is 0.421. The molecule has 24 heavy (non-hydrogen) atoms. The predicted octanol–water partition coefficient (Wildman–Crippen LogP) is 3.18. The summed E-state index contributed by atoms with van der Waals surface area (Å²) in [5.41, 5.74) is 0.421. The van der Waals surface area contributed by atoms with Crippen LogP contribution in [0.15, 0.2) is 9.52 Å². The molecule has 2 rings (SSSR count). The molecule has 1 fully saturated rings. The van der Waals surface area contributed by atoms with E-state index in [-0.39, 0.29) is 0 Å². The first-order valence-electron chi connectivity index (χ1n) is 9.39. The van der Waals surface area contributed by atoms with Gasteiger partial charge in [-0.25, -0.2) is 0 Å². The number of aryl methyl sites for hydroxylation is 2. The molecule has 0 amide bonds. The third-order valence-corrected chi connectivity index (χ3v) is 4.65. The number of nitrogens with zero attached hydrogens (tertiary/aromatic N) is 4. The second-order valence-electron chi connectivity index (χ2n) is 7.16. The Morgan fingerprint density at radius 1 is 1.42 bits per heavy atom. The van der Waals surface area contributed by atoms with Crippen molar-refractivity contribution in [3.05, 3.63) is 11.7 Å². The second-order valence-corrected chi connectivity index (χ2v) is 7.16. The molecule has 1 atom stereocenters. The minimum Gasteiger partial charge on any atom is -0.357 e. The summed E-state index contributed by atoms with van der Waals surface area (Å²) in [5, 5.41) is 7.28. The summed E-state index contributed by atoms with van der Waals surface area (Å²) in [6.07, 6.45) is 6.84. The van der Waals surface area contributed by atoms with E-state index in [0.29, 0.717) is 17.1 Å². The van der Waals surface area contributed by atoms with Crippen LogP contribution in [0, 0.1) is 12.3 Å². The standard InChI is InChI=1S/C18H33N5O/c1-5-10-18(4)11-8-13-23(14-18)17(19-6-2)20-12-7-9-16-21-15(3)22-24-16/h5-14H2,1-4H3,(H,19,20). The van der Waals surface area contributed by atoms with Crippen molar-refractivity contribution >= 4 is 5.96 Å². The Morgan fingerprint density at radius 2 is 2.25 bits per heavy atom. The molecule has 0 bridgehead atoms. The van der Waals surface area contributed by atoms with E-state index >= 15 is 0 Å². The minimum absolute atomic E-state index is 0.421. The Hall–Kier alpha value is -1.59. The second kappa shape index (κ2) is 9.04. The molecular weight excluding hydrogens is 302 g/mol. The lowest BCUT2D eigenvalue weighted by atomic mass is 9.78. The zero-order chi connectivity index (χ0) is 17.4. The number of rotatable bonds is 7. The topological polar surface area (TPSA) is 66.5 Å². The normalized spacial score (nSPS) is 22.0. The quantitative estimate of drug-likeness (QED) is 0.471. The smallest absolute Gasteiger partial charge is 0.226 e. The van der Waals surface area contributed by atoms with Gasteiger partial charge in [-0.15, -0.1) is 0 Å². The van der Waals surface area contributed by atoms with Crippen molar-refractivity contribution in [2.75, 3.05) is 26.2 Å². The predicted molar refractivity (Wildman–Crippen MR) is 97.2 cm³/mol. The van der Waals surface area contributed by atoms with Crippen LogP contribution in [0.3, 0.4) is 0 Å². The summed E-state index contributed by atoms with van der Waals surface area (Å²) >= 11 is 0. The van der Waals surface area contributed by atoms with Crippen molar-refractivity contribution in [3.63, 3.8) is 0 Å². The average molecular weight is 335 g/mol. The van der Waals surface area contributed by atoms with Crippen molar-refractivity contribution < 1.29 is 4.52 Å². The van der Waals surface area contributed by atoms with E-state index in [9.17, 15) is 0 Å². The van der Waals surface area contributed by atoms with E-state index in [1.54, 1.807) is 0 Å². The maximum absolute atomic E-state index is 5.15. The molecule has 1 aliphatic rings. The first kappa shape index (κ1) is 18.7. The van der Waals surface area contributed by atoms with E-state index in [2.05, 4.69) is 41.1 Å². The van der Waals surface area contributed by atoms with Gasteiger partial charge >= 0.3 is 0 Å². The molecule has 1 aromatic heterocycles. The van der Waals surface area contributed by atoms with Crippen LogP contribution < -0.4 is 5.32 Å². The summed E-state index contributed by atoms with van der Waals surface area (Å²) < 4.78 is 5.15. The molecule has 136 valence electrons. The van der Waals surface area contributed by atoms with Gasteiger partial charge in [-0.3, -0.25) is 4.99 Å². The molecule has 0 radical (unpaired) electrons. The number of hydrogen-bond donors (Lipinski definition) is 1. The van der Waals surface area contributed by atoms with Crippen LogP contribution in [0.2, 0.25) is 0 Å². The fourth-order valence-corrected chi connectivity index (χ4v) is 3.59. The lowest BCUT2D eigenvalue weighted by Gasteiger charge is -2.42. The van der Waals surface area contributed by atoms with E-state index in [1.807, 2.05) is 6.92 Å². The van der Waals surface area contributed by atoms with Crippen molar-refractivity contribution in [2.45, 2.75) is 66.2 Å². The molecule has 1 aliphatic heterocycles. The van der Waals surface area contributed by atoms with Gasteiger partial charge in [0.1, 0.15) is 0 Å². The lowest BCUT2D eigenvalue weighted by molar-refractivity contribution is 0.142. The van der Waals surface area contributed by atoms with Crippen molar-refractivity contribution in [3.8, 4) is 0 Å². The molecule has 1 saturated heterocycles. The van der Waals surface area contributed by atoms with Gasteiger partial charge < -0.3 is 14.7 Å². The molecule has 2 heterocycles. The Bertz CT molecular complexity index is 523. The summed E-state index contributed by atoms with van der Waals surface area (Å²) in [6.45, 7) is 12.6. The zero-order valence-corrected chi connectivity index (χ0v) is 15.8. The third kappa shape index (κ3) is 5.49. The summed E-state index contributed by atoms with van der Waals surface area (Å²) in [5.74, 6) is 2.47. The number of guanidine groups is 1. The molecule has 6 nitrogen and oxygen atoms in total. The number of aromatic nitrogens is 2. The number of nitrogens with one attached hydrogen (secondary N) is 1. The fourth-order valence-electron chi connectivity index (χ4n) is 3.59. The van der Waals surface area contributed by atoms with Gasteiger partial charge in [-0.05, 0) is 44.9 Å². The molecule has 6 heteroatoms. The Labute approximate surface area is 146 Å². The number of hydrogen-bond acceptors (Lipinski definition) is 4. The Morgan fingerprint density at radius 3 is 2.92 bits per heavy atom. The van der Waals surface area contributed by atoms with Gasteiger partial charge in [0, 0.05) is 32.6 Å². The molecular formula is C18H33N5O. The lowest BCUT2D eigenvalue weighted by Crippen LogP contribution is -2.49. The number of aliphatic imine (C=N–C) groups is 1. The highest BCUT2D eigenvalue weighted by Crippen LogP contribution is 2.33. The molecule has 1 N–H and O–H groups in total. The first-order valence-corrected chi connectivity index (χ1v) is 9.39. The van der Waals surface area contributed by atoms with Crippen LogP contribution in [-0.2, 0) is 6.42 Å². The van der Waals surface area contributed by atoms with Gasteiger partial charge in [-0.1, -0.05) is 25.4 Å². The molecule has 0 spiro atoms. The number of likely N-dealkylation sites (tertiary alicyclic amines) is 1. The van der Waals surface area contributed by atoms with Crippen LogP contribution in [-0.4, -0.2) is 47.2 Å². The maximum Gasteiger partial charge on any atom is 0.226 e. The number of piperidine rings is 1. The largest absolute Gasteiger partial charge is 0.357 e. The molecule has 0 aromatic carbocycles. The molecule has 0 saturated carbocycles. The van der Waals surface area contributed by atoms with Gasteiger partial charge in [-0.2, -0.15) is 4.98 Å². The third-order valence-electron chi connectivity index (χ3n) is 4.65. The highest BCUT2D eigenvalue weighted by atomic mass is 16.5. The highest BCUT2D eigenvalue weighted by Gasteiger charge is 2.31. The average Bonchev–Trinajstić information content (AvgIpc) is 2.96. The zero-order valence-electron chi connectivity index (χ0n) is 15.8. The maximum atomic E-state index is 5.15. The van der Waals surface area contributed by atoms with Crippen LogP contribution in [0.1, 0.15) is 64.6 Å². The van der Waals surface area contributed by atoms with Gasteiger partial charge in [0.05, 0.1) is 0 Å². The summed E-state index contributed by atoms with van der Waals surface area (Å²) in [4.78, 5) is 11.5. The summed E-state index contributed by atoms with van der Waals surface area (Å²) in [6, 6.07) is 0. The van der Waals surface area contributed by atoms with Gasteiger partial charge in [0.2, 0.25) is 5.89 Å². The molecule has 0 aliphatic carbocycles.